The molecule has 0 atom stereocenters. The van der Waals surface area contributed by atoms with Crippen LogP contribution in [0.2, 0.25) is 0 Å². The van der Waals surface area contributed by atoms with Crippen molar-refractivity contribution < 1.29 is 4.79 Å². The van der Waals surface area contributed by atoms with Gasteiger partial charge in [0.05, 0.1) is 17.1 Å². The van der Waals surface area contributed by atoms with Gasteiger partial charge in [-0.2, -0.15) is 0 Å². The van der Waals surface area contributed by atoms with Crippen LogP contribution in [0.5, 0.6) is 0 Å². The maximum atomic E-state index is 12.8. The van der Waals surface area contributed by atoms with Crippen LogP contribution in [0, 0.1) is 6.92 Å². The van der Waals surface area contributed by atoms with E-state index in [0.29, 0.717) is 11.4 Å². The lowest BCUT2D eigenvalue weighted by Crippen LogP contribution is -2.30. The maximum absolute atomic E-state index is 12.8. The number of hydrogen-bond acceptors (Lipinski definition) is 4. The second-order valence-electron chi connectivity index (χ2n) is 6.53. The number of rotatable bonds is 8. The summed E-state index contributed by atoms with van der Waals surface area (Å²) in [6.45, 7) is 7.82. The zero-order valence-corrected chi connectivity index (χ0v) is 18.5. The predicted octanol–water partition coefficient (Wildman–Crippen LogP) is 3.56. The van der Waals surface area contributed by atoms with Gasteiger partial charge >= 0.3 is 0 Å². The van der Waals surface area contributed by atoms with Crippen LogP contribution in [-0.2, 0) is 11.8 Å². The Morgan fingerprint density at radius 2 is 1.79 bits per heavy atom. The van der Waals surface area contributed by atoms with Crippen molar-refractivity contribution in [1.82, 2.24) is 14.3 Å². The zero-order chi connectivity index (χ0) is 20.7. The summed E-state index contributed by atoms with van der Waals surface area (Å²) in [5, 5.41) is 2.78. The quantitative estimate of drug-likeness (QED) is 0.662. The van der Waals surface area contributed by atoms with Crippen molar-refractivity contribution in [2.75, 3.05) is 24.2 Å². The van der Waals surface area contributed by atoms with Gasteiger partial charge in [-0.15, -0.1) is 0 Å². The fourth-order valence-corrected chi connectivity index (χ4v) is 3.99. The summed E-state index contributed by atoms with van der Waals surface area (Å²) in [4.78, 5) is 27.4. The summed E-state index contributed by atoms with van der Waals surface area (Å²) < 4.78 is 4.02. The van der Waals surface area contributed by atoms with E-state index in [9.17, 15) is 9.59 Å². The predicted molar refractivity (Wildman–Crippen MR) is 122 cm³/mol. The lowest BCUT2D eigenvalue weighted by molar-refractivity contribution is -0.113. The van der Waals surface area contributed by atoms with Crippen molar-refractivity contribution in [3.05, 3.63) is 46.4 Å². The number of amides is 1. The van der Waals surface area contributed by atoms with Crippen LogP contribution in [0.1, 0.15) is 32.4 Å². The molecule has 0 aliphatic rings. The molecule has 152 valence electrons. The normalized spacial score (nSPS) is 10.7. The molecule has 0 radical (unpaired) electrons. The van der Waals surface area contributed by atoms with Crippen molar-refractivity contribution in [2.45, 2.75) is 33.6 Å². The van der Waals surface area contributed by atoms with Crippen LogP contribution in [0.25, 0.3) is 5.69 Å². The average Bonchev–Trinajstić information content (AvgIpc) is 2.90. The summed E-state index contributed by atoms with van der Waals surface area (Å²) in [6.07, 6.45) is 2.02. The Hall–Kier alpha value is -2.06. The molecule has 0 saturated heterocycles. The van der Waals surface area contributed by atoms with Crippen LogP contribution in [0.4, 0.5) is 5.69 Å². The van der Waals surface area contributed by atoms with Crippen molar-refractivity contribution in [1.29, 1.82) is 0 Å². The molecule has 0 fully saturated rings. The minimum Gasteiger partial charge on any atom is -0.358 e. The van der Waals surface area contributed by atoms with Crippen molar-refractivity contribution in [3.8, 4) is 5.69 Å². The van der Waals surface area contributed by atoms with Crippen LogP contribution < -0.4 is 10.9 Å². The van der Waals surface area contributed by atoms with Gasteiger partial charge in [0, 0.05) is 20.1 Å². The highest BCUT2D eigenvalue weighted by molar-refractivity contribution is 8.23. The van der Waals surface area contributed by atoms with Gasteiger partial charge < -0.3 is 10.2 Å². The van der Waals surface area contributed by atoms with Crippen LogP contribution in [-0.4, -0.2) is 43.3 Å². The number of nitrogens with zero attached hydrogens (tertiary/aromatic N) is 3. The van der Waals surface area contributed by atoms with Crippen LogP contribution >= 0.6 is 24.0 Å². The first-order valence-electron chi connectivity index (χ1n) is 9.46. The fraction of sp³-hybridized carbons (Fsp3) is 0.450. The fourth-order valence-electron chi connectivity index (χ4n) is 2.94. The number of hydrogen-bond donors (Lipinski definition) is 1. The molecule has 0 aliphatic heterocycles. The van der Waals surface area contributed by atoms with Crippen LogP contribution in [0.3, 0.4) is 0 Å². The highest BCUT2D eigenvalue weighted by Crippen LogP contribution is 2.16. The maximum Gasteiger partial charge on any atom is 0.295 e. The number of thioether (sulfide) groups is 1. The molecule has 1 N–H and O–H groups in total. The van der Waals surface area contributed by atoms with E-state index in [1.54, 1.807) is 16.4 Å². The summed E-state index contributed by atoms with van der Waals surface area (Å²) in [6, 6.07) is 9.36. The summed E-state index contributed by atoms with van der Waals surface area (Å²) in [5.41, 5.74) is 1.52. The molecular formula is C20H28N4O2S2. The third-order valence-corrected chi connectivity index (χ3v) is 5.91. The third-order valence-electron chi connectivity index (χ3n) is 4.39. The molecule has 6 nitrogen and oxygen atoms in total. The van der Waals surface area contributed by atoms with Gasteiger partial charge in [-0.1, -0.05) is 56.0 Å². The SMILES string of the molecule is CCCN(CCC)C(=S)SCC(=O)Nc1c(C)n(C)n(-c2ccccc2)c1=O. The topological polar surface area (TPSA) is 59.3 Å². The number of thiocarbonyl (C=S) groups is 1. The largest absolute Gasteiger partial charge is 0.358 e. The summed E-state index contributed by atoms with van der Waals surface area (Å²) in [7, 11) is 1.80. The molecule has 0 saturated carbocycles. The molecular weight excluding hydrogens is 392 g/mol. The Morgan fingerprint density at radius 1 is 1.18 bits per heavy atom. The Labute approximate surface area is 175 Å². The zero-order valence-electron chi connectivity index (χ0n) is 16.9. The van der Waals surface area contributed by atoms with E-state index in [1.807, 2.05) is 37.3 Å². The van der Waals surface area contributed by atoms with Gasteiger partial charge in [-0.25, -0.2) is 4.68 Å². The van der Waals surface area contributed by atoms with Crippen LogP contribution in [0.15, 0.2) is 35.1 Å². The van der Waals surface area contributed by atoms with Gasteiger partial charge in [-0.05, 0) is 31.9 Å². The standard InChI is InChI=1S/C20H28N4O2S2/c1-5-12-23(13-6-2)20(27)28-14-17(25)21-18-15(3)22(4)24(19(18)26)16-10-8-7-9-11-16/h7-11H,5-6,12-14H2,1-4H3,(H,21,25). The first-order valence-corrected chi connectivity index (χ1v) is 10.9. The van der Waals surface area contributed by atoms with Crippen molar-refractivity contribution in [3.63, 3.8) is 0 Å². The molecule has 1 aromatic carbocycles. The number of para-hydroxylation sites is 1. The Bertz CT molecular complexity index is 868. The molecule has 1 amide bonds. The average molecular weight is 421 g/mol. The lowest BCUT2D eigenvalue weighted by Gasteiger charge is -2.23. The number of aromatic nitrogens is 2. The first-order chi connectivity index (χ1) is 13.4. The molecule has 0 unspecified atom stereocenters. The Kier molecular flexibility index (Phi) is 8.32. The lowest BCUT2D eigenvalue weighted by atomic mass is 10.3. The van der Waals surface area contributed by atoms with E-state index in [0.717, 1.165) is 35.9 Å². The van der Waals surface area contributed by atoms with Gasteiger partial charge in [0.2, 0.25) is 5.91 Å². The third kappa shape index (κ3) is 5.26. The molecule has 8 heteroatoms. The second-order valence-corrected chi connectivity index (χ2v) is 8.14. The van der Waals surface area contributed by atoms with E-state index < -0.39 is 0 Å². The minimum absolute atomic E-state index is 0.182. The Morgan fingerprint density at radius 3 is 2.36 bits per heavy atom. The van der Waals surface area contributed by atoms with E-state index in [4.69, 9.17) is 12.2 Å². The van der Waals surface area contributed by atoms with E-state index in [1.165, 1.54) is 11.8 Å². The van der Waals surface area contributed by atoms with Gasteiger partial charge in [0.1, 0.15) is 10.0 Å². The number of nitrogens with one attached hydrogen (secondary N) is 1. The minimum atomic E-state index is -0.245. The molecule has 0 spiro atoms. The van der Waals surface area contributed by atoms with Gasteiger partial charge in [-0.3, -0.25) is 14.3 Å². The molecule has 1 aromatic heterocycles. The van der Waals surface area contributed by atoms with E-state index >= 15 is 0 Å². The smallest absolute Gasteiger partial charge is 0.295 e. The monoisotopic (exact) mass is 420 g/mol. The molecule has 2 rings (SSSR count). The second kappa shape index (κ2) is 10.5. The van der Waals surface area contributed by atoms with Crippen molar-refractivity contribution >= 4 is 39.9 Å². The van der Waals surface area contributed by atoms with Gasteiger partial charge in [0.15, 0.2) is 0 Å². The van der Waals surface area contributed by atoms with E-state index in [2.05, 4.69) is 24.1 Å². The highest BCUT2D eigenvalue weighted by Gasteiger charge is 2.19. The Balaban J connectivity index is 2.09. The summed E-state index contributed by atoms with van der Waals surface area (Å²) >= 11 is 6.81. The molecule has 1 heterocycles. The molecule has 0 bridgehead atoms. The molecule has 2 aromatic rings. The first kappa shape index (κ1) is 22.2. The molecule has 0 aliphatic carbocycles. The number of carbonyl (C=O) groups is 1. The number of carbonyl (C=O) groups excluding carboxylic acids is 1. The molecule has 28 heavy (non-hydrogen) atoms. The summed E-state index contributed by atoms with van der Waals surface area (Å²) in [5.74, 6) is -0.0479. The van der Waals surface area contributed by atoms with Crippen molar-refractivity contribution in [2.24, 2.45) is 7.05 Å². The highest BCUT2D eigenvalue weighted by atomic mass is 32.2. The van der Waals surface area contributed by atoms with Gasteiger partial charge in [0.25, 0.3) is 5.56 Å². The van der Waals surface area contributed by atoms with E-state index in [-0.39, 0.29) is 17.2 Å². The number of benzene rings is 1. The number of anilines is 1.